The molecule has 0 aromatic carbocycles. The van der Waals surface area contributed by atoms with Gasteiger partial charge in [0.1, 0.15) is 5.82 Å². The van der Waals surface area contributed by atoms with Crippen molar-refractivity contribution < 1.29 is 4.79 Å². The van der Waals surface area contributed by atoms with Gasteiger partial charge in [0.2, 0.25) is 5.91 Å². The summed E-state index contributed by atoms with van der Waals surface area (Å²) in [6.07, 6.45) is 3.40. The maximum Gasteiger partial charge on any atom is 0.233 e. The number of nitrogens with one attached hydrogen (secondary N) is 1. The van der Waals surface area contributed by atoms with Gasteiger partial charge in [0, 0.05) is 16.4 Å². The molecule has 3 saturated carbocycles. The van der Waals surface area contributed by atoms with Crippen molar-refractivity contribution in [1.29, 1.82) is 0 Å². The summed E-state index contributed by atoms with van der Waals surface area (Å²) in [7, 11) is 0. The molecular weight excluding hydrogens is 499 g/mol. The summed E-state index contributed by atoms with van der Waals surface area (Å²) in [4.78, 5) is 17.3. The normalized spacial score (nSPS) is 35.3. The lowest BCUT2D eigenvalue weighted by atomic mass is 9.43. The number of carbonyl (C=O) groups is 1. The van der Waals surface area contributed by atoms with Gasteiger partial charge in [0.15, 0.2) is 0 Å². The molecule has 7 heteroatoms. The molecule has 1 amide bonds. The van der Waals surface area contributed by atoms with Crippen LogP contribution in [0.15, 0.2) is 18.3 Å². The molecule has 4 rings (SSSR count). The molecule has 3 fully saturated rings. The van der Waals surface area contributed by atoms with Crippen molar-refractivity contribution in [2.24, 2.45) is 16.2 Å². The molecule has 2 bridgehead atoms. The third-order valence-electron chi connectivity index (χ3n) is 5.86. The van der Waals surface area contributed by atoms with E-state index in [0.717, 1.165) is 12.8 Å². The molecule has 3 unspecified atom stereocenters. The molecule has 3 nitrogen and oxygen atoms in total. The Hall–Kier alpha value is 0.350. The minimum atomic E-state index is -0.423. The topological polar surface area (TPSA) is 42.0 Å². The third-order valence-corrected chi connectivity index (χ3v) is 9.32. The van der Waals surface area contributed by atoms with Gasteiger partial charge in [-0.1, -0.05) is 73.2 Å². The Morgan fingerprint density at radius 2 is 2.09 bits per heavy atom. The standard InChI is InChI=1S/C15H16Br3ClN2O/c1-13(2)14(11(17)18)5-6-15(13,10(14)16)12(22)21-9-4-3-8(19)7-20-9/h3-4,7,10-11H,5-6H2,1-2H3,(H,20,21,22). The highest BCUT2D eigenvalue weighted by atomic mass is 79.9. The number of amides is 1. The van der Waals surface area contributed by atoms with Crippen LogP contribution in [-0.2, 0) is 4.79 Å². The Labute approximate surface area is 160 Å². The highest BCUT2D eigenvalue weighted by molar-refractivity contribution is 9.24. The van der Waals surface area contributed by atoms with Crippen molar-refractivity contribution in [3.8, 4) is 0 Å². The number of hydrogen-bond acceptors (Lipinski definition) is 2. The van der Waals surface area contributed by atoms with Crippen LogP contribution >= 0.6 is 59.4 Å². The SMILES string of the molecule is CC1(C)C2(C(=O)Nc3ccc(Cl)cn3)CCC1(C(Br)Br)C2Br. The fraction of sp³-hybridized carbons (Fsp3) is 0.600. The van der Waals surface area contributed by atoms with Crippen molar-refractivity contribution in [1.82, 2.24) is 4.98 Å². The highest BCUT2D eigenvalue weighted by Crippen LogP contribution is 2.82. The Morgan fingerprint density at radius 3 is 2.55 bits per heavy atom. The second-order valence-electron chi connectivity index (χ2n) is 6.62. The Balaban J connectivity index is 1.89. The first-order chi connectivity index (χ1) is 10.2. The van der Waals surface area contributed by atoms with E-state index in [1.54, 1.807) is 12.1 Å². The number of anilines is 1. The fourth-order valence-corrected chi connectivity index (χ4v) is 9.40. The van der Waals surface area contributed by atoms with Gasteiger partial charge in [-0.15, -0.1) is 0 Å². The molecule has 22 heavy (non-hydrogen) atoms. The summed E-state index contributed by atoms with van der Waals surface area (Å²) in [6.45, 7) is 4.37. The maximum atomic E-state index is 13.0. The first kappa shape index (κ1) is 17.2. The van der Waals surface area contributed by atoms with Crippen LogP contribution < -0.4 is 5.32 Å². The Morgan fingerprint density at radius 1 is 1.41 bits per heavy atom. The lowest BCUT2D eigenvalue weighted by Gasteiger charge is -2.66. The van der Waals surface area contributed by atoms with Gasteiger partial charge in [-0.25, -0.2) is 4.98 Å². The fourth-order valence-electron chi connectivity index (χ4n) is 4.38. The number of alkyl halides is 3. The van der Waals surface area contributed by atoms with Crippen molar-refractivity contribution in [3.05, 3.63) is 23.4 Å². The molecule has 3 aliphatic carbocycles. The molecule has 120 valence electrons. The average Bonchev–Trinajstić information content (AvgIpc) is 2.91. The summed E-state index contributed by atoms with van der Waals surface area (Å²) in [5.74, 6) is 0.570. The van der Waals surface area contributed by atoms with Crippen LogP contribution in [0.25, 0.3) is 0 Å². The molecule has 1 aromatic heterocycles. The third kappa shape index (κ3) is 1.90. The van der Waals surface area contributed by atoms with Gasteiger partial charge in [0.25, 0.3) is 0 Å². The zero-order valence-corrected chi connectivity index (χ0v) is 17.7. The number of fused-ring (bicyclic) bond motifs is 1. The summed E-state index contributed by atoms with van der Waals surface area (Å²) in [5.41, 5.74) is -0.520. The number of aromatic nitrogens is 1. The minimum absolute atomic E-state index is 0.0256. The second-order valence-corrected chi connectivity index (χ2v) is 11.0. The van der Waals surface area contributed by atoms with Crippen molar-refractivity contribution in [3.63, 3.8) is 0 Å². The van der Waals surface area contributed by atoms with Crippen LogP contribution in [0.5, 0.6) is 0 Å². The molecular formula is C15H16Br3ClN2O. The number of pyridine rings is 1. The van der Waals surface area contributed by atoms with E-state index in [4.69, 9.17) is 11.6 Å². The molecule has 0 spiro atoms. The van der Waals surface area contributed by atoms with Gasteiger partial charge in [0.05, 0.1) is 14.2 Å². The van der Waals surface area contributed by atoms with Crippen LogP contribution in [0.2, 0.25) is 5.02 Å². The van der Waals surface area contributed by atoms with E-state index in [1.165, 1.54) is 6.20 Å². The van der Waals surface area contributed by atoms with Crippen LogP contribution in [0, 0.1) is 16.2 Å². The van der Waals surface area contributed by atoms with Crippen LogP contribution in [-0.4, -0.2) is 19.5 Å². The van der Waals surface area contributed by atoms with Crippen LogP contribution in [0.4, 0.5) is 5.82 Å². The predicted octanol–water partition coefficient (Wildman–Crippen LogP) is 5.36. The zero-order chi connectivity index (χ0) is 16.3. The van der Waals surface area contributed by atoms with Crippen LogP contribution in [0.3, 0.4) is 0 Å². The minimum Gasteiger partial charge on any atom is -0.310 e. The van der Waals surface area contributed by atoms with Crippen molar-refractivity contribution in [2.45, 2.75) is 35.3 Å². The predicted molar refractivity (Wildman–Crippen MR) is 100 cm³/mol. The van der Waals surface area contributed by atoms with Gasteiger partial charge in [-0.05, 0) is 30.4 Å². The monoisotopic (exact) mass is 512 g/mol. The van der Waals surface area contributed by atoms with E-state index in [9.17, 15) is 4.79 Å². The van der Waals surface area contributed by atoms with E-state index in [1.807, 2.05) is 0 Å². The molecule has 1 N–H and O–H groups in total. The molecule has 3 aliphatic rings. The molecule has 3 atom stereocenters. The van der Waals surface area contributed by atoms with Gasteiger partial charge < -0.3 is 5.32 Å². The zero-order valence-electron chi connectivity index (χ0n) is 12.2. The molecule has 1 heterocycles. The van der Waals surface area contributed by atoms with E-state index >= 15 is 0 Å². The highest BCUT2D eigenvalue weighted by Gasteiger charge is 2.83. The summed E-state index contributed by atoms with van der Waals surface area (Å²) in [5, 5.41) is 3.52. The van der Waals surface area contributed by atoms with Gasteiger partial charge in [-0.3, -0.25) is 4.79 Å². The number of hydrogen-bond donors (Lipinski definition) is 1. The van der Waals surface area contributed by atoms with E-state index in [-0.39, 0.29) is 25.3 Å². The van der Waals surface area contributed by atoms with Gasteiger partial charge >= 0.3 is 0 Å². The van der Waals surface area contributed by atoms with Crippen molar-refractivity contribution in [2.75, 3.05) is 5.32 Å². The number of rotatable bonds is 3. The Kier molecular flexibility index (Phi) is 4.24. The second kappa shape index (κ2) is 5.43. The maximum absolute atomic E-state index is 13.0. The van der Waals surface area contributed by atoms with E-state index < -0.39 is 5.41 Å². The molecule has 0 aliphatic heterocycles. The number of nitrogens with zero attached hydrogens (tertiary/aromatic N) is 1. The Bertz CT molecular complexity index is 622. The molecule has 0 saturated heterocycles. The first-order valence-corrected chi connectivity index (χ1v) is 10.2. The summed E-state index contributed by atoms with van der Waals surface area (Å²) >= 11 is 17.0. The smallest absolute Gasteiger partial charge is 0.233 e. The summed E-state index contributed by atoms with van der Waals surface area (Å²) < 4.78 is 0.170. The van der Waals surface area contributed by atoms with Crippen LogP contribution in [0.1, 0.15) is 26.7 Å². The number of halogens is 4. The quantitative estimate of drug-likeness (QED) is 0.551. The number of carbonyl (C=O) groups excluding carboxylic acids is 1. The largest absolute Gasteiger partial charge is 0.310 e. The van der Waals surface area contributed by atoms with E-state index in [0.29, 0.717) is 10.8 Å². The molecule has 1 aromatic rings. The van der Waals surface area contributed by atoms with Gasteiger partial charge in [-0.2, -0.15) is 0 Å². The first-order valence-electron chi connectivity index (χ1n) is 7.05. The van der Waals surface area contributed by atoms with Crippen molar-refractivity contribution >= 4 is 71.1 Å². The van der Waals surface area contributed by atoms with E-state index in [2.05, 4.69) is 71.9 Å². The lowest BCUT2D eigenvalue weighted by molar-refractivity contribution is -0.155. The lowest BCUT2D eigenvalue weighted by Crippen LogP contribution is -2.71. The average molecular weight is 515 g/mol. The summed E-state index contributed by atoms with van der Waals surface area (Å²) in [6, 6.07) is 3.46. The molecule has 0 radical (unpaired) electrons.